The summed E-state index contributed by atoms with van der Waals surface area (Å²) in [6, 6.07) is 9.25. The van der Waals surface area contributed by atoms with E-state index in [0.717, 1.165) is 16.5 Å². The van der Waals surface area contributed by atoms with Gasteiger partial charge < -0.3 is 9.72 Å². The summed E-state index contributed by atoms with van der Waals surface area (Å²) in [5.74, 6) is -1.36. The normalized spacial score (nSPS) is 21.8. The van der Waals surface area contributed by atoms with E-state index in [2.05, 4.69) is 4.98 Å². The summed E-state index contributed by atoms with van der Waals surface area (Å²) in [6.07, 6.45) is 0.415. The van der Waals surface area contributed by atoms with Crippen molar-refractivity contribution in [2.45, 2.75) is 51.0 Å². The SMILES string of the molecule is C[C@@H]1Cc2c([nH]c3ccccc23)[C@@H](c2c(F)cc(OC3CN(CCF)C3)cc2F)N1CC(C)(C)F. The van der Waals surface area contributed by atoms with Gasteiger partial charge in [-0.05, 0) is 38.8 Å². The molecule has 0 saturated carbocycles. The number of rotatable bonds is 7. The molecule has 0 amide bonds. The molecule has 0 unspecified atom stereocenters. The van der Waals surface area contributed by atoms with Crippen LogP contribution in [0.25, 0.3) is 10.9 Å². The number of nitrogens with zero attached hydrogens (tertiary/aromatic N) is 2. The number of fused-ring (bicyclic) bond motifs is 3. The number of halogens is 4. The van der Waals surface area contributed by atoms with Crippen LogP contribution in [0.2, 0.25) is 0 Å². The number of alkyl halides is 2. The Balaban J connectivity index is 1.54. The number of ether oxygens (including phenoxy) is 1. The van der Waals surface area contributed by atoms with Gasteiger partial charge in [-0.2, -0.15) is 0 Å². The zero-order valence-corrected chi connectivity index (χ0v) is 20.3. The first-order chi connectivity index (χ1) is 16.6. The van der Waals surface area contributed by atoms with Crippen LogP contribution in [0.5, 0.6) is 5.75 Å². The summed E-state index contributed by atoms with van der Waals surface area (Å²) in [5, 5.41) is 1.02. The van der Waals surface area contributed by atoms with Crippen LogP contribution in [0.1, 0.15) is 43.6 Å². The number of nitrogens with one attached hydrogen (secondary N) is 1. The van der Waals surface area contributed by atoms with Crippen LogP contribution in [-0.2, 0) is 6.42 Å². The zero-order valence-electron chi connectivity index (χ0n) is 20.3. The molecule has 2 aliphatic rings. The lowest BCUT2D eigenvalue weighted by Crippen LogP contribution is -2.54. The molecular formula is C27H31F4N3O. The molecular weight excluding hydrogens is 458 g/mol. The first-order valence-electron chi connectivity index (χ1n) is 12.1. The molecule has 0 aliphatic carbocycles. The lowest BCUT2D eigenvalue weighted by molar-refractivity contribution is 0.0164. The molecule has 0 radical (unpaired) electrons. The smallest absolute Gasteiger partial charge is 0.135 e. The minimum Gasteiger partial charge on any atom is -0.488 e. The topological polar surface area (TPSA) is 31.5 Å². The van der Waals surface area contributed by atoms with Gasteiger partial charge in [0.05, 0.1) is 6.04 Å². The van der Waals surface area contributed by atoms with E-state index in [9.17, 15) is 8.78 Å². The monoisotopic (exact) mass is 489 g/mol. The lowest BCUT2D eigenvalue weighted by Gasteiger charge is -2.43. The number of aromatic amines is 1. The van der Waals surface area contributed by atoms with Crippen molar-refractivity contribution in [3.05, 3.63) is 64.9 Å². The first kappa shape index (κ1) is 24.1. The molecule has 1 saturated heterocycles. The van der Waals surface area contributed by atoms with Crippen molar-refractivity contribution >= 4 is 10.9 Å². The number of benzene rings is 2. The second-order valence-corrected chi connectivity index (χ2v) is 10.4. The Kier molecular flexibility index (Phi) is 6.30. The van der Waals surface area contributed by atoms with Crippen LogP contribution in [0.15, 0.2) is 36.4 Å². The van der Waals surface area contributed by atoms with E-state index in [1.165, 1.54) is 26.0 Å². The number of hydrogen-bond acceptors (Lipinski definition) is 3. The molecule has 4 nitrogen and oxygen atoms in total. The van der Waals surface area contributed by atoms with Crippen molar-refractivity contribution in [3.63, 3.8) is 0 Å². The van der Waals surface area contributed by atoms with E-state index in [1.807, 2.05) is 41.0 Å². The Morgan fingerprint density at radius 2 is 1.80 bits per heavy atom. The summed E-state index contributed by atoms with van der Waals surface area (Å²) < 4.78 is 64.4. The van der Waals surface area contributed by atoms with E-state index < -0.39 is 30.0 Å². The molecule has 1 aromatic heterocycles. The van der Waals surface area contributed by atoms with E-state index in [0.29, 0.717) is 31.7 Å². The summed E-state index contributed by atoms with van der Waals surface area (Å²) in [5.41, 5.74) is 0.920. The fraction of sp³-hybridized carbons (Fsp3) is 0.481. The lowest BCUT2D eigenvalue weighted by atomic mass is 9.87. The van der Waals surface area contributed by atoms with Gasteiger partial charge in [-0.3, -0.25) is 9.80 Å². The average molecular weight is 490 g/mol. The fourth-order valence-corrected chi connectivity index (χ4v) is 5.48. The molecule has 2 aliphatic heterocycles. The Labute approximate surface area is 202 Å². The van der Waals surface area contributed by atoms with Gasteiger partial charge >= 0.3 is 0 Å². The van der Waals surface area contributed by atoms with Crippen molar-refractivity contribution in [2.75, 3.05) is 32.9 Å². The van der Waals surface area contributed by atoms with Gasteiger partial charge in [-0.15, -0.1) is 0 Å². The highest BCUT2D eigenvalue weighted by Gasteiger charge is 2.41. The summed E-state index contributed by atoms with van der Waals surface area (Å²) in [4.78, 5) is 7.10. The highest BCUT2D eigenvalue weighted by molar-refractivity contribution is 5.85. The Bertz CT molecular complexity index is 1190. The van der Waals surface area contributed by atoms with Gasteiger partial charge in [0.2, 0.25) is 0 Å². The molecule has 2 aromatic carbocycles. The second kappa shape index (κ2) is 9.13. The maximum atomic E-state index is 15.6. The summed E-state index contributed by atoms with van der Waals surface area (Å²) in [7, 11) is 0. The van der Waals surface area contributed by atoms with E-state index >= 15 is 8.78 Å². The van der Waals surface area contributed by atoms with Crippen LogP contribution in [0, 0.1) is 11.6 Å². The summed E-state index contributed by atoms with van der Waals surface area (Å²) >= 11 is 0. The predicted octanol–water partition coefficient (Wildman–Crippen LogP) is 5.56. The maximum absolute atomic E-state index is 15.6. The third-order valence-electron chi connectivity index (χ3n) is 7.03. The van der Waals surface area contributed by atoms with Crippen LogP contribution >= 0.6 is 0 Å². The predicted molar refractivity (Wildman–Crippen MR) is 128 cm³/mol. The molecule has 8 heteroatoms. The van der Waals surface area contributed by atoms with Gasteiger partial charge in [-0.25, -0.2) is 17.6 Å². The van der Waals surface area contributed by atoms with Crippen molar-refractivity contribution in [3.8, 4) is 5.75 Å². The molecule has 1 fully saturated rings. The van der Waals surface area contributed by atoms with Gasteiger partial charge in [0.15, 0.2) is 0 Å². The molecule has 3 heterocycles. The van der Waals surface area contributed by atoms with Gasteiger partial charge in [0, 0.05) is 66.5 Å². The Hall–Kier alpha value is -2.58. The maximum Gasteiger partial charge on any atom is 0.135 e. The van der Waals surface area contributed by atoms with E-state index in [-0.39, 0.29) is 30.0 Å². The second-order valence-electron chi connectivity index (χ2n) is 10.4. The van der Waals surface area contributed by atoms with Crippen LogP contribution < -0.4 is 4.74 Å². The molecule has 5 rings (SSSR count). The van der Waals surface area contributed by atoms with Crippen LogP contribution in [0.3, 0.4) is 0 Å². The van der Waals surface area contributed by atoms with E-state index in [1.54, 1.807) is 0 Å². The molecule has 1 N–H and O–H groups in total. The third kappa shape index (κ3) is 4.66. The number of aromatic nitrogens is 1. The van der Waals surface area contributed by atoms with Crippen LogP contribution in [0.4, 0.5) is 17.6 Å². The Morgan fingerprint density at radius 1 is 1.11 bits per heavy atom. The quantitative estimate of drug-likeness (QED) is 0.441. The average Bonchev–Trinajstić information content (AvgIpc) is 3.11. The number of hydrogen-bond donors (Lipinski definition) is 1. The fourth-order valence-electron chi connectivity index (χ4n) is 5.48. The first-order valence-corrected chi connectivity index (χ1v) is 12.1. The molecule has 0 spiro atoms. The minimum atomic E-state index is -1.55. The zero-order chi connectivity index (χ0) is 24.9. The number of H-pyrrole nitrogens is 1. The van der Waals surface area contributed by atoms with Crippen LogP contribution in [-0.4, -0.2) is 65.5 Å². The number of likely N-dealkylation sites (tertiary alicyclic amines) is 1. The Morgan fingerprint density at radius 3 is 2.46 bits per heavy atom. The van der Waals surface area contributed by atoms with Crippen molar-refractivity contribution in [1.82, 2.24) is 14.8 Å². The van der Waals surface area contributed by atoms with Crippen molar-refractivity contribution < 1.29 is 22.3 Å². The molecule has 0 bridgehead atoms. The molecule has 2 atom stereocenters. The van der Waals surface area contributed by atoms with E-state index in [4.69, 9.17) is 4.74 Å². The standard InChI is InChI=1S/C27H31F4N3O/c1-16-10-20-19-6-4-5-7-23(19)32-25(20)26(34(16)15-27(2,3)31)24-21(29)11-17(12-22(24)30)35-18-13-33(14-18)9-8-28/h4-7,11-12,16,18,26,32H,8-10,13-15H2,1-3H3/t16-,26-/m1/s1. The van der Waals surface area contributed by atoms with Crippen molar-refractivity contribution in [1.29, 1.82) is 0 Å². The minimum absolute atomic E-state index is 0.0250. The highest BCUT2D eigenvalue weighted by Crippen LogP contribution is 2.43. The largest absolute Gasteiger partial charge is 0.488 e. The van der Waals surface area contributed by atoms with Crippen molar-refractivity contribution in [2.24, 2.45) is 0 Å². The molecule has 188 valence electrons. The number of para-hydroxylation sites is 1. The third-order valence-corrected chi connectivity index (χ3v) is 7.03. The summed E-state index contributed by atoms with van der Waals surface area (Å²) in [6.45, 7) is 5.88. The highest BCUT2D eigenvalue weighted by atomic mass is 19.1. The van der Waals surface area contributed by atoms with Gasteiger partial charge in [0.25, 0.3) is 0 Å². The molecule has 3 aromatic rings. The molecule has 35 heavy (non-hydrogen) atoms. The van der Waals surface area contributed by atoms with Gasteiger partial charge in [0.1, 0.15) is 35.8 Å². The van der Waals surface area contributed by atoms with Gasteiger partial charge in [-0.1, -0.05) is 18.2 Å².